The first kappa shape index (κ1) is 12.7. The van der Waals surface area contributed by atoms with Crippen LogP contribution >= 0.6 is 0 Å². The topological polar surface area (TPSA) is 79.1 Å². The van der Waals surface area contributed by atoms with Crippen molar-refractivity contribution in [1.29, 1.82) is 0 Å². The Labute approximate surface area is 96.2 Å². The molecule has 1 aromatic rings. The molecule has 1 rings (SSSR count). The zero-order valence-electron chi connectivity index (χ0n) is 10.1. The molecule has 1 aromatic heterocycles. The number of aryl methyl sites for hydroxylation is 1. The summed E-state index contributed by atoms with van der Waals surface area (Å²) >= 11 is 0. The van der Waals surface area contributed by atoms with Gasteiger partial charge in [-0.3, -0.25) is 5.43 Å². The van der Waals surface area contributed by atoms with Crippen molar-refractivity contribution >= 4 is 11.8 Å². The Bertz CT molecular complexity index is 325. The first-order valence-corrected chi connectivity index (χ1v) is 5.32. The predicted octanol–water partition coefficient (Wildman–Crippen LogP) is 0.434. The summed E-state index contributed by atoms with van der Waals surface area (Å²) in [5, 5.41) is 3.24. The molecule has 0 aliphatic heterocycles. The van der Waals surface area contributed by atoms with Gasteiger partial charge < -0.3 is 10.2 Å². The van der Waals surface area contributed by atoms with Crippen LogP contribution in [0, 0.1) is 6.92 Å². The first-order valence-electron chi connectivity index (χ1n) is 5.32. The Hall–Kier alpha value is -1.40. The molecule has 0 fully saturated rings. The van der Waals surface area contributed by atoms with Gasteiger partial charge in [0.15, 0.2) is 0 Å². The maximum atomic E-state index is 5.27. The molecule has 0 aliphatic carbocycles. The van der Waals surface area contributed by atoms with Gasteiger partial charge in [-0.25, -0.2) is 10.8 Å². The molecule has 6 nitrogen and oxygen atoms in total. The van der Waals surface area contributed by atoms with Crippen LogP contribution in [0.4, 0.5) is 11.8 Å². The van der Waals surface area contributed by atoms with Crippen LogP contribution in [0.1, 0.15) is 12.1 Å². The van der Waals surface area contributed by atoms with Gasteiger partial charge in [0, 0.05) is 18.3 Å². The van der Waals surface area contributed by atoms with Crippen LogP contribution in [0.3, 0.4) is 0 Å². The second-order valence-electron chi connectivity index (χ2n) is 3.95. The molecule has 0 unspecified atom stereocenters. The Morgan fingerprint density at radius 3 is 2.75 bits per heavy atom. The summed E-state index contributed by atoms with van der Waals surface area (Å²) in [5.41, 5.74) is 3.33. The van der Waals surface area contributed by atoms with Crippen molar-refractivity contribution < 1.29 is 0 Å². The van der Waals surface area contributed by atoms with Crippen molar-refractivity contribution in [1.82, 2.24) is 14.9 Å². The molecule has 0 saturated heterocycles. The molecule has 1 heterocycles. The van der Waals surface area contributed by atoms with Crippen LogP contribution in [0.15, 0.2) is 6.07 Å². The highest BCUT2D eigenvalue weighted by atomic mass is 15.3. The van der Waals surface area contributed by atoms with E-state index >= 15 is 0 Å². The number of nitrogens with one attached hydrogen (secondary N) is 2. The molecule has 0 bridgehead atoms. The average molecular weight is 224 g/mol. The van der Waals surface area contributed by atoms with E-state index in [1.54, 1.807) is 0 Å². The lowest BCUT2D eigenvalue weighted by molar-refractivity contribution is 0.405. The molecular weight excluding hydrogens is 204 g/mol. The van der Waals surface area contributed by atoms with E-state index in [4.69, 9.17) is 5.84 Å². The fourth-order valence-corrected chi connectivity index (χ4v) is 1.34. The number of nitrogens with zero attached hydrogens (tertiary/aromatic N) is 3. The average Bonchev–Trinajstić information content (AvgIpc) is 2.23. The summed E-state index contributed by atoms with van der Waals surface area (Å²) < 4.78 is 0. The van der Waals surface area contributed by atoms with Crippen molar-refractivity contribution in [2.45, 2.75) is 13.3 Å². The largest absolute Gasteiger partial charge is 0.370 e. The normalized spacial score (nSPS) is 10.6. The van der Waals surface area contributed by atoms with E-state index in [2.05, 4.69) is 39.7 Å². The van der Waals surface area contributed by atoms with E-state index < -0.39 is 0 Å². The van der Waals surface area contributed by atoms with Gasteiger partial charge in [-0.05, 0) is 34.0 Å². The third-order valence-corrected chi connectivity index (χ3v) is 2.07. The molecule has 0 aliphatic rings. The lowest BCUT2D eigenvalue weighted by atomic mass is 10.4. The van der Waals surface area contributed by atoms with Crippen molar-refractivity contribution in [2.75, 3.05) is 37.9 Å². The van der Waals surface area contributed by atoms with E-state index in [9.17, 15) is 0 Å². The summed E-state index contributed by atoms with van der Waals surface area (Å²) in [6.07, 6.45) is 1.07. The summed E-state index contributed by atoms with van der Waals surface area (Å²) in [4.78, 5) is 10.5. The van der Waals surface area contributed by atoms with Gasteiger partial charge in [0.1, 0.15) is 5.82 Å². The standard InChI is InChI=1S/C10H20N6/c1-8-7-9(14-10(13-8)15-11)12-5-4-6-16(2)3/h7H,4-6,11H2,1-3H3,(H2,12,13,14,15). The second-order valence-corrected chi connectivity index (χ2v) is 3.95. The molecule has 0 saturated carbocycles. The number of aromatic nitrogens is 2. The first-order chi connectivity index (χ1) is 7.61. The fraction of sp³-hybridized carbons (Fsp3) is 0.600. The Kier molecular flexibility index (Phi) is 4.94. The third kappa shape index (κ3) is 4.41. The van der Waals surface area contributed by atoms with Crippen molar-refractivity contribution in [3.63, 3.8) is 0 Å². The quantitative estimate of drug-likeness (QED) is 0.369. The highest BCUT2D eigenvalue weighted by Crippen LogP contribution is 2.08. The van der Waals surface area contributed by atoms with Gasteiger partial charge in [0.25, 0.3) is 0 Å². The van der Waals surface area contributed by atoms with E-state index in [1.165, 1.54) is 0 Å². The molecule has 0 aromatic carbocycles. The van der Waals surface area contributed by atoms with E-state index in [0.717, 1.165) is 31.0 Å². The van der Waals surface area contributed by atoms with E-state index in [1.807, 2.05) is 13.0 Å². The SMILES string of the molecule is Cc1cc(NCCCN(C)C)nc(NN)n1. The number of hydrogen-bond donors (Lipinski definition) is 3. The summed E-state index contributed by atoms with van der Waals surface area (Å²) in [6, 6.07) is 1.90. The van der Waals surface area contributed by atoms with E-state index in [-0.39, 0.29) is 0 Å². The van der Waals surface area contributed by atoms with Gasteiger partial charge in [-0.2, -0.15) is 4.98 Å². The molecule has 16 heavy (non-hydrogen) atoms. The molecule has 0 amide bonds. The monoisotopic (exact) mass is 224 g/mol. The van der Waals surface area contributed by atoms with Crippen molar-refractivity contribution in [3.05, 3.63) is 11.8 Å². The molecular formula is C10H20N6. The highest BCUT2D eigenvalue weighted by Gasteiger charge is 2.00. The maximum absolute atomic E-state index is 5.27. The molecule has 90 valence electrons. The number of hydrogen-bond acceptors (Lipinski definition) is 6. The van der Waals surface area contributed by atoms with Crippen LogP contribution in [0.2, 0.25) is 0 Å². The number of hydrazine groups is 1. The summed E-state index contributed by atoms with van der Waals surface area (Å²) in [7, 11) is 4.12. The second kappa shape index (κ2) is 6.24. The van der Waals surface area contributed by atoms with Gasteiger partial charge in [0.2, 0.25) is 5.95 Å². The Balaban J connectivity index is 2.44. The smallest absolute Gasteiger partial charge is 0.239 e. The molecule has 4 N–H and O–H groups in total. The minimum Gasteiger partial charge on any atom is -0.370 e. The number of anilines is 2. The molecule has 0 spiro atoms. The van der Waals surface area contributed by atoms with Crippen LogP contribution < -0.4 is 16.6 Å². The Morgan fingerprint density at radius 2 is 2.12 bits per heavy atom. The molecule has 0 radical (unpaired) electrons. The lowest BCUT2D eigenvalue weighted by Gasteiger charge is -2.11. The van der Waals surface area contributed by atoms with Crippen molar-refractivity contribution in [3.8, 4) is 0 Å². The summed E-state index contributed by atoms with van der Waals surface area (Å²) in [5.74, 6) is 6.52. The lowest BCUT2D eigenvalue weighted by Crippen LogP contribution is -2.17. The predicted molar refractivity (Wildman–Crippen MR) is 66.2 cm³/mol. The highest BCUT2D eigenvalue weighted by molar-refractivity contribution is 5.41. The van der Waals surface area contributed by atoms with Crippen LogP contribution in [0.5, 0.6) is 0 Å². The van der Waals surface area contributed by atoms with Gasteiger partial charge in [-0.1, -0.05) is 0 Å². The van der Waals surface area contributed by atoms with E-state index in [0.29, 0.717) is 5.95 Å². The zero-order chi connectivity index (χ0) is 12.0. The molecule has 6 heteroatoms. The molecule has 0 atom stereocenters. The zero-order valence-corrected chi connectivity index (χ0v) is 10.1. The van der Waals surface area contributed by atoms with Crippen LogP contribution in [0.25, 0.3) is 0 Å². The number of nitrogen functional groups attached to an aromatic ring is 1. The number of nitrogens with two attached hydrogens (primary N) is 1. The summed E-state index contributed by atoms with van der Waals surface area (Å²) in [6.45, 7) is 3.85. The van der Waals surface area contributed by atoms with Crippen molar-refractivity contribution in [2.24, 2.45) is 5.84 Å². The Morgan fingerprint density at radius 1 is 1.38 bits per heavy atom. The minimum atomic E-state index is 0.440. The fourth-order valence-electron chi connectivity index (χ4n) is 1.34. The van der Waals surface area contributed by atoms with Crippen LogP contribution in [-0.2, 0) is 0 Å². The number of rotatable bonds is 6. The van der Waals surface area contributed by atoms with Gasteiger partial charge in [0.05, 0.1) is 0 Å². The van der Waals surface area contributed by atoms with Gasteiger partial charge in [-0.15, -0.1) is 0 Å². The maximum Gasteiger partial charge on any atom is 0.239 e. The third-order valence-electron chi connectivity index (χ3n) is 2.07. The minimum absolute atomic E-state index is 0.440. The van der Waals surface area contributed by atoms with Gasteiger partial charge >= 0.3 is 0 Å². The van der Waals surface area contributed by atoms with Crippen LogP contribution in [-0.4, -0.2) is 42.1 Å².